The van der Waals surface area contributed by atoms with Gasteiger partial charge in [0.25, 0.3) is 5.91 Å². The predicted octanol–water partition coefficient (Wildman–Crippen LogP) is 4.42. The van der Waals surface area contributed by atoms with Crippen molar-refractivity contribution >= 4 is 22.8 Å². The monoisotopic (exact) mass is 412 g/mol. The molecular weight excluding hydrogens is 390 g/mol. The van der Waals surface area contributed by atoms with Gasteiger partial charge in [-0.15, -0.1) is 0 Å². The van der Waals surface area contributed by atoms with Crippen LogP contribution < -0.4 is 5.32 Å². The summed E-state index contributed by atoms with van der Waals surface area (Å²) >= 11 is 0. The summed E-state index contributed by atoms with van der Waals surface area (Å²) < 4.78 is 32.2. The number of hydrogen-bond donors (Lipinski definition) is 1. The van der Waals surface area contributed by atoms with Crippen molar-refractivity contribution in [3.63, 3.8) is 0 Å². The average molecular weight is 412 g/mol. The Morgan fingerprint density at radius 2 is 1.90 bits per heavy atom. The highest BCUT2D eigenvalue weighted by Gasteiger charge is 2.20. The van der Waals surface area contributed by atoms with Crippen molar-refractivity contribution in [1.29, 1.82) is 0 Å². The summed E-state index contributed by atoms with van der Waals surface area (Å²) in [6.45, 7) is 4.78. The van der Waals surface area contributed by atoms with Crippen molar-refractivity contribution in [2.75, 3.05) is 6.61 Å². The Kier molecular flexibility index (Phi) is 6.40. The number of nitrogens with one attached hydrogen (secondary N) is 1. The molecule has 0 saturated carbocycles. The van der Waals surface area contributed by atoms with Crippen molar-refractivity contribution < 1.29 is 23.1 Å². The molecule has 0 radical (unpaired) electrons. The van der Waals surface area contributed by atoms with Crippen LogP contribution in [0, 0.1) is 18.6 Å². The molecule has 3 aromatic rings. The number of nitrogens with zero attached hydrogens (tertiary/aromatic N) is 1. The number of carbonyl (C=O) groups is 2. The van der Waals surface area contributed by atoms with E-state index in [0.29, 0.717) is 28.5 Å². The number of rotatable bonds is 6. The summed E-state index contributed by atoms with van der Waals surface area (Å²) in [5.74, 6) is -2.68. The van der Waals surface area contributed by atoms with Gasteiger partial charge in [-0.25, -0.2) is 13.6 Å². The average Bonchev–Trinajstić information content (AvgIpc) is 2.71. The van der Waals surface area contributed by atoms with E-state index in [1.54, 1.807) is 26.0 Å². The van der Waals surface area contributed by atoms with Crippen LogP contribution in [0.5, 0.6) is 0 Å². The zero-order chi connectivity index (χ0) is 21.8. The lowest BCUT2D eigenvalue weighted by Crippen LogP contribution is -2.31. The van der Waals surface area contributed by atoms with E-state index in [1.165, 1.54) is 6.07 Å². The van der Waals surface area contributed by atoms with Gasteiger partial charge in [0.15, 0.2) is 6.61 Å². The Balaban J connectivity index is 1.72. The van der Waals surface area contributed by atoms with E-state index < -0.39 is 36.2 Å². The van der Waals surface area contributed by atoms with E-state index in [0.717, 1.165) is 17.8 Å². The zero-order valence-corrected chi connectivity index (χ0v) is 17.0. The fraction of sp³-hybridized carbons (Fsp3) is 0.261. The van der Waals surface area contributed by atoms with Gasteiger partial charge < -0.3 is 10.1 Å². The smallest absolute Gasteiger partial charge is 0.339 e. The van der Waals surface area contributed by atoms with E-state index in [2.05, 4.69) is 10.3 Å². The molecule has 3 rings (SSSR count). The van der Waals surface area contributed by atoms with Crippen LogP contribution in [0.2, 0.25) is 0 Å². The van der Waals surface area contributed by atoms with Gasteiger partial charge in [0.1, 0.15) is 11.6 Å². The second-order valence-electron chi connectivity index (χ2n) is 6.96. The molecule has 5 nitrogen and oxygen atoms in total. The Labute approximate surface area is 173 Å². The van der Waals surface area contributed by atoms with Crippen LogP contribution >= 0.6 is 0 Å². The first-order chi connectivity index (χ1) is 14.3. The number of pyridine rings is 1. The second kappa shape index (κ2) is 8.98. The Morgan fingerprint density at radius 1 is 1.17 bits per heavy atom. The lowest BCUT2D eigenvalue weighted by Gasteiger charge is -2.16. The summed E-state index contributed by atoms with van der Waals surface area (Å²) in [5.41, 5.74) is 2.69. The number of aromatic nitrogens is 1. The van der Waals surface area contributed by atoms with Gasteiger partial charge in [0.2, 0.25) is 0 Å². The van der Waals surface area contributed by atoms with Crippen LogP contribution in [0.1, 0.15) is 47.1 Å². The number of esters is 1. The summed E-state index contributed by atoms with van der Waals surface area (Å²) in [4.78, 5) is 29.6. The lowest BCUT2D eigenvalue weighted by molar-refractivity contribution is -0.124. The zero-order valence-electron chi connectivity index (χ0n) is 17.0. The number of benzene rings is 2. The van der Waals surface area contributed by atoms with E-state index in [-0.39, 0.29) is 5.56 Å². The molecule has 30 heavy (non-hydrogen) atoms. The third-order valence-electron chi connectivity index (χ3n) is 4.92. The minimum atomic E-state index is -0.759. The van der Waals surface area contributed by atoms with Gasteiger partial charge in [-0.2, -0.15) is 0 Å². The molecule has 0 fully saturated rings. The first-order valence-corrected chi connectivity index (χ1v) is 9.61. The number of halogens is 2. The number of carbonyl (C=O) groups excluding carboxylic acids is 2. The quantitative estimate of drug-likeness (QED) is 0.609. The molecule has 7 heteroatoms. The number of hydrogen-bond acceptors (Lipinski definition) is 4. The molecule has 1 N–H and O–H groups in total. The molecule has 156 valence electrons. The molecule has 0 aliphatic carbocycles. The Hall–Kier alpha value is -3.35. The second-order valence-corrected chi connectivity index (χ2v) is 6.96. The van der Waals surface area contributed by atoms with Gasteiger partial charge in [0.05, 0.1) is 17.1 Å². The highest BCUT2D eigenvalue weighted by atomic mass is 19.1. The van der Waals surface area contributed by atoms with E-state index >= 15 is 0 Å². The van der Waals surface area contributed by atoms with Gasteiger partial charge >= 0.3 is 5.97 Å². The van der Waals surface area contributed by atoms with Gasteiger partial charge in [-0.3, -0.25) is 9.78 Å². The third-order valence-corrected chi connectivity index (χ3v) is 4.92. The lowest BCUT2D eigenvalue weighted by atomic mass is 10.0. The molecular formula is C23H22F2N2O3. The van der Waals surface area contributed by atoms with Crippen molar-refractivity contribution in [2.45, 2.75) is 33.2 Å². The van der Waals surface area contributed by atoms with Gasteiger partial charge in [-0.05, 0) is 38.0 Å². The van der Waals surface area contributed by atoms with Gasteiger partial charge in [0, 0.05) is 22.7 Å². The summed E-state index contributed by atoms with van der Waals surface area (Å²) in [6, 6.07) is 9.65. The van der Waals surface area contributed by atoms with E-state index in [4.69, 9.17) is 4.74 Å². The Morgan fingerprint density at radius 3 is 2.60 bits per heavy atom. The van der Waals surface area contributed by atoms with Crippen molar-refractivity contribution in [3.8, 4) is 0 Å². The first kappa shape index (κ1) is 21.4. The molecule has 1 atom stereocenters. The molecule has 1 aromatic heterocycles. The topological polar surface area (TPSA) is 68.3 Å². The maximum atomic E-state index is 13.9. The third kappa shape index (κ3) is 4.45. The predicted molar refractivity (Wildman–Crippen MR) is 109 cm³/mol. The Bertz CT molecular complexity index is 1120. The molecule has 0 bridgehead atoms. The van der Waals surface area contributed by atoms with Crippen LogP contribution in [0.15, 0.2) is 42.5 Å². The van der Waals surface area contributed by atoms with Crippen LogP contribution in [-0.2, 0) is 16.0 Å². The highest BCUT2D eigenvalue weighted by Crippen LogP contribution is 2.24. The van der Waals surface area contributed by atoms with Gasteiger partial charge in [-0.1, -0.05) is 31.2 Å². The normalized spacial score (nSPS) is 11.9. The fourth-order valence-corrected chi connectivity index (χ4v) is 3.38. The van der Waals surface area contributed by atoms with Crippen LogP contribution in [-0.4, -0.2) is 23.5 Å². The molecule has 2 aromatic carbocycles. The molecule has 0 saturated heterocycles. The SMILES string of the molecule is CCc1nc2ccccc2c(C(=O)OCC(=O)NC(C)c2ccc(F)cc2F)c1C. The van der Waals surface area contributed by atoms with Crippen molar-refractivity contribution in [3.05, 3.63) is 76.5 Å². The summed E-state index contributed by atoms with van der Waals surface area (Å²) in [7, 11) is 0. The van der Waals surface area contributed by atoms with Crippen LogP contribution in [0.25, 0.3) is 10.9 Å². The number of aryl methyl sites for hydroxylation is 1. The van der Waals surface area contributed by atoms with E-state index in [9.17, 15) is 18.4 Å². The molecule has 0 spiro atoms. The van der Waals surface area contributed by atoms with Crippen LogP contribution in [0.3, 0.4) is 0 Å². The maximum absolute atomic E-state index is 13.9. The molecule has 0 aliphatic heterocycles. The van der Waals surface area contributed by atoms with Crippen molar-refractivity contribution in [2.24, 2.45) is 0 Å². The standard InChI is InChI=1S/C23H22F2N2O3/c1-4-19-13(2)22(17-7-5-6-8-20(17)27-19)23(29)30-12-21(28)26-14(3)16-10-9-15(24)11-18(16)25/h5-11,14H,4,12H2,1-3H3,(H,26,28). The number of fused-ring (bicyclic) bond motifs is 1. The number of para-hydroxylation sites is 1. The maximum Gasteiger partial charge on any atom is 0.339 e. The molecule has 0 aliphatic rings. The molecule has 1 unspecified atom stereocenters. The first-order valence-electron chi connectivity index (χ1n) is 9.61. The molecule has 1 heterocycles. The largest absolute Gasteiger partial charge is 0.452 e. The highest BCUT2D eigenvalue weighted by molar-refractivity contribution is 6.05. The number of ether oxygens (including phenoxy) is 1. The van der Waals surface area contributed by atoms with E-state index in [1.807, 2.05) is 19.1 Å². The van der Waals surface area contributed by atoms with Crippen LogP contribution in [0.4, 0.5) is 8.78 Å². The van der Waals surface area contributed by atoms with Crippen molar-refractivity contribution in [1.82, 2.24) is 10.3 Å². The summed E-state index contributed by atoms with van der Waals surface area (Å²) in [6.07, 6.45) is 0.651. The minimum Gasteiger partial charge on any atom is -0.452 e. The number of amides is 1. The molecule has 1 amide bonds. The minimum absolute atomic E-state index is 0.139. The summed E-state index contributed by atoms with van der Waals surface area (Å²) in [5, 5.41) is 3.20. The fourth-order valence-electron chi connectivity index (χ4n) is 3.38.